The number of aromatic amines is 1. The van der Waals surface area contributed by atoms with Crippen LogP contribution in [0.25, 0.3) is 22.2 Å². The van der Waals surface area contributed by atoms with Crippen LogP contribution in [0.3, 0.4) is 0 Å². The molecule has 0 aliphatic rings. The van der Waals surface area contributed by atoms with Gasteiger partial charge in [-0.25, -0.2) is 0 Å². The van der Waals surface area contributed by atoms with E-state index in [1.165, 1.54) is 0 Å². The monoisotopic (exact) mass is 363 g/mol. The Morgan fingerprint density at radius 1 is 1.17 bits per heavy atom. The molecule has 1 aromatic heterocycles. The Labute approximate surface area is 149 Å². The van der Waals surface area contributed by atoms with Crippen molar-refractivity contribution in [3.63, 3.8) is 0 Å². The number of carboxylic acid groups (broad SMARTS) is 1. The highest BCUT2D eigenvalue weighted by Crippen LogP contribution is 2.35. The molecule has 1 heterocycles. The second-order valence-electron chi connectivity index (χ2n) is 5.32. The number of carbonyl (C=O) groups is 1. The number of aliphatic carboxylic acids is 1. The maximum Gasteiger partial charge on any atom is 0.307 e. The van der Waals surface area contributed by atoms with Crippen LogP contribution in [0.1, 0.15) is 12.5 Å². The fourth-order valence-electron chi connectivity index (χ4n) is 2.72. The Morgan fingerprint density at radius 3 is 2.62 bits per heavy atom. The molecule has 0 radical (unpaired) electrons. The van der Waals surface area contributed by atoms with Crippen molar-refractivity contribution in [2.45, 2.75) is 13.3 Å². The molecule has 0 saturated heterocycles. The molecule has 0 amide bonds. The Bertz CT molecular complexity index is 918. The van der Waals surface area contributed by atoms with Crippen molar-refractivity contribution < 1.29 is 14.6 Å². The SMILES string of the molecule is CCOc1ccc2[nH]c(-c3ccc(Cl)c(Cl)c3)c(CC(=O)O)c2c1. The molecule has 0 atom stereocenters. The lowest BCUT2D eigenvalue weighted by atomic mass is 10.0. The van der Waals surface area contributed by atoms with Gasteiger partial charge < -0.3 is 14.8 Å². The maximum absolute atomic E-state index is 11.3. The van der Waals surface area contributed by atoms with Crippen LogP contribution < -0.4 is 4.74 Å². The van der Waals surface area contributed by atoms with Gasteiger partial charge in [-0.2, -0.15) is 0 Å². The van der Waals surface area contributed by atoms with Crippen molar-refractivity contribution in [3.05, 3.63) is 52.0 Å². The van der Waals surface area contributed by atoms with E-state index in [0.29, 0.717) is 28.0 Å². The van der Waals surface area contributed by atoms with Gasteiger partial charge in [0.15, 0.2) is 0 Å². The highest BCUT2D eigenvalue weighted by atomic mass is 35.5. The number of hydrogen-bond acceptors (Lipinski definition) is 2. The third kappa shape index (κ3) is 3.21. The molecule has 2 aromatic carbocycles. The molecule has 0 fully saturated rings. The van der Waals surface area contributed by atoms with Crippen LogP contribution in [0.15, 0.2) is 36.4 Å². The minimum atomic E-state index is -0.904. The molecule has 2 N–H and O–H groups in total. The number of aromatic nitrogens is 1. The van der Waals surface area contributed by atoms with Crippen LogP contribution in [0.5, 0.6) is 5.75 Å². The summed E-state index contributed by atoms with van der Waals surface area (Å²) in [5.41, 5.74) is 3.04. The molecule has 4 nitrogen and oxygen atoms in total. The van der Waals surface area contributed by atoms with E-state index in [4.69, 9.17) is 27.9 Å². The lowest BCUT2D eigenvalue weighted by Gasteiger charge is -2.05. The zero-order valence-electron chi connectivity index (χ0n) is 12.9. The normalized spacial score (nSPS) is 11.0. The predicted molar refractivity (Wildman–Crippen MR) is 96.3 cm³/mol. The van der Waals surface area contributed by atoms with Crippen molar-refractivity contribution in [3.8, 4) is 17.0 Å². The van der Waals surface area contributed by atoms with Gasteiger partial charge in [-0.15, -0.1) is 0 Å². The average Bonchev–Trinajstić information content (AvgIpc) is 2.88. The second kappa shape index (κ2) is 6.75. The summed E-state index contributed by atoms with van der Waals surface area (Å²) in [6.45, 7) is 2.45. The Kier molecular flexibility index (Phi) is 4.69. The summed E-state index contributed by atoms with van der Waals surface area (Å²) in [6, 6.07) is 10.8. The zero-order valence-corrected chi connectivity index (χ0v) is 14.4. The first kappa shape index (κ1) is 16.7. The minimum Gasteiger partial charge on any atom is -0.494 e. The molecule has 124 valence electrons. The van der Waals surface area contributed by atoms with Crippen molar-refractivity contribution in [1.29, 1.82) is 0 Å². The van der Waals surface area contributed by atoms with Crippen LogP contribution in [-0.2, 0) is 11.2 Å². The molecule has 3 rings (SSSR count). The lowest BCUT2D eigenvalue weighted by molar-refractivity contribution is -0.136. The molecule has 6 heteroatoms. The van der Waals surface area contributed by atoms with Crippen molar-refractivity contribution in [2.24, 2.45) is 0 Å². The maximum atomic E-state index is 11.3. The van der Waals surface area contributed by atoms with Crippen molar-refractivity contribution >= 4 is 40.1 Å². The summed E-state index contributed by atoms with van der Waals surface area (Å²) in [5.74, 6) is -0.199. The van der Waals surface area contributed by atoms with Crippen LogP contribution in [0.2, 0.25) is 10.0 Å². The predicted octanol–water partition coefficient (Wildman–Crippen LogP) is 5.17. The molecule has 24 heavy (non-hydrogen) atoms. The van der Waals surface area contributed by atoms with Gasteiger partial charge in [0.2, 0.25) is 0 Å². The molecule has 0 aliphatic heterocycles. The van der Waals surface area contributed by atoms with Crippen molar-refractivity contribution in [1.82, 2.24) is 4.98 Å². The summed E-state index contributed by atoms with van der Waals surface area (Å²) in [6.07, 6.45) is -0.106. The Morgan fingerprint density at radius 2 is 1.96 bits per heavy atom. The van der Waals surface area contributed by atoms with Gasteiger partial charge in [0, 0.05) is 10.9 Å². The van der Waals surface area contributed by atoms with Gasteiger partial charge in [-0.1, -0.05) is 29.3 Å². The summed E-state index contributed by atoms with van der Waals surface area (Å²) in [4.78, 5) is 14.6. The van der Waals surface area contributed by atoms with Gasteiger partial charge in [-0.05, 0) is 48.4 Å². The summed E-state index contributed by atoms with van der Waals surface area (Å²) in [7, 11) is 0. The molecule has 3 aromatic rings. The number of fused-ring (bicyclic) bond motifs is 1. The number of ether oxygens (including phenoxy) is 1. The fourth-order valence-corrected chi connectivity index (χ4v) is 3.01. The van der Waals surface area contributed by atoms with Gasteiger partial charge in [0.1, 0.15) is 5.75 Å². The lowest BCUT2D eigenvalue weighted by Crippen LogP contribution is -2.01. The average molecular weight is 364 g/mol. The van der Waals surface area contributed by atoms with Crippen LogP contribution in [-0.4, -0.2) is 22.7 Å². The Hall–Kier alpha value is -2.17. The van der Waals surface area contributed by atoms with Crippen LogP contribution in [0, 0.1) is 0 Å². The number of nitrogens with one attached hydrogen (secondary N) is 1. The van der Waals surface area contributed by atoms with E-state index in [1.807, 2.05) is 31.2 Å². The largest absolute Gasteiger partial charge is 0.494 e. The highest BCUT2D eigenvalue weighted by Gasteiger charge is 2.17. The highest BCUT2D eigenvalue weighted by molar-refractivity contribution is 6.42. The van der Waals surface area contributed by atoms with Gasteiger partial charge in [0.05, 0.1) is 28.8 Å². The van der Waals surface area contributed by atoms with Gasteiger partial charge >= 0.3 is 5.97 Å². The molecular weight excluding hydrogens is 349 g/mol. The molecule has 0 bridgehead atoms. The quantitative estimate of drug-likeness (QED) is 0.657. The number of hydrogen-bond donors (Lipinski definition) is 2. The summed E-state index contributed by atoms with van der Waals surface area (Å²) < 4.78 is 5.52. The zero-order chi connectivity index (χ0) is 17.3. The van der Waals surface area contributed by atoms with E-state index in [9.17, 15) is 9.90 Å². The summed E-state index contributed by atoms with van der Waals surface area (Å²) >= 11 is 12.1. The van der Waals surface area contributed by atoms with Crippen LogP contribution in [0.4, 0.5) is 0 Å². The third-order valence-electron chi connectivity index (χ3n) is 3.72. The fraction of sp³-hybridized carbons (Fsp3) is 0.167. The van der Waals surface area contributed by atoms with E-state index < -0.39 is 5.97 Å². The number of rotatable bonds is 5. The van der Waals surface area contributed by atoms with Crippen molar-refractivity contribution in [2.75, 3.05) is 6.61 Å². The smallest absolute Gasteiger partial charge is 0.307 e. The van der Waals surface area contributed by atoms with E-state index >= 15 is 0 Å². The summed E-state index contributed by atoms with van der Waals surface area (Å²) in [5, 5.41) is 11.0. The molecule has 0 spiro atoms. The van der Waals surface area contributed by atoms with Crippen LogP contribution >= 0.6 is 23.2 Å². The molecular formula is C18H15Cl2NO3. The van der Waals surface area contributed by atoms with E-state index in [0.717, 1.165) is 22.2 Å². The number of halogens is 2. The Balaban J connectivity index is 2.21. The van der Waals surface area contributed by atoms with Gasteiger partial charge in [-0.3, -0.25) is 4.79 Å². The topological polar surface area (TPSA) is 62.3 Å². The standard InChI is InChI=1S/C18H15Cl2NO3/c1-2-24-11-4-6-16-12(8-11)13(9-17(22)23)18(21-16)10-3-5-14(19)15(20)7-10/h3-8,21H,2,9H2,1H3,(H,22,23). The first-order valence-corrected chi connectivity index (χ1v) is 8.19. The molecule has 0 saturated carbocycles. The first-order chi connectivity index (χ1) is 11.5. The third-order valence-corrected chi connectivity index (χ3v) is 4.46. The van der Waals surface area contributed by atoms with Gasteiger partial charge in [0.25, 0.3) is 0 Å². The first-order valence-electron chi connectivity index (χ1n) is 7.44. The number of benzene rings is 2. The molecule has 0 unspecified atom stereocenters. The minimum absolute atomic E-state index is 0.106. The number of H-pyrrole nitrogens is 1. The molecule has 0 aliphatic carbocycles. The van der Waals surface area contributed by atoms with E-state index in [2.05, 4.69) is 4.98 Å². The second-order valence-corrected chi connectivity index (χ2v) is 6.13. The van der Waals surface area contributed by atoms with E-state index in [1.54, 1.807) is 12.1 Å². The number of carboxylic acids is 1. The van der Waals surface area contributed by atoms with E-state index in [-0.39, 0.29) is 6.42 Å².